The minimum absolute atomic E-state index is 0.310. The Morgan fingerprint density at radius 1 is 1.47 bits per heavy atom. The van der Waals surface area contributed by atoms with E-state index in [2.05, 4.69) is 31.0 Å². The predicted octanol–water partition coefficient (Wildman–Crippen LogP) is 1.88. The molecule has 2 saturated heterocycles. The number of hydrogen-bond donors (Lipinski definition) is 1. The molecule has 0 aromatic carbocycles. The topological polar surface area (TPSA) is 24.5 Å². The summed E-state index contributed by atoms with van der Waals surface area (Å²) in [5, 5.41) is 3.69. The van der Waals surface area contributed by atoms with Gasteiger partial charge in [0.25, 0.3) is 0 Å². The van der Waals surface area contributed by atoms with Crippen LogP contribution in [0, 0.1) is 5.92 Å². The lowest BCUT2D eigenvalue weighted by molar-refractivity contribution is 0.0336. The molecule has 2 rings (SSSR count). The van der Waals surface area contributed by atoms with Crippen LogP contribution in [0.2, 0.25) is 0 Å². The lowest BCUT2D eigenvalue weighted by atomic mass is 9.88. The van der Waals surface area contributed by atoms with Gasteiger partial charge >= 0.3 is 0 Å². The van der Waals surface area contributed by atoms with Gasteiger partial charge < -0.3 is 10.1 Å². The Morgan fingerprint density at radius 3 is 2.88 bits per heavy atom. The van der Waals surface area contributed by atoms with Gasteiger partial charge in [0.05, 0.1) is 6.61 Å². The predicted molar refractivity (Wildman–Crippen MR) is 71.3 cm³/mol. The number of ether oxygens (including phenoxy) is 1. The fourth-order valence-electron chi connectivity index (χ4n) is 3.17. The maximum Gasteiger partial charge on any atom is 0.0648 e. The van der Waals surface area contributed by atoms with Crippen LogP contribution in [0.15, 0.2) is 0 Å². The number of hydrogen-bond acceptors (Lipinski definition) is 3. The quantitative estimate of drug-likeness (QED) is 0.812. The molecular weight excluding hydrogens is 212 g/mol. The first-order chi connectivity index (χ1) is 8.15. The van der Waals surface area contributed by atoms with E-state index in [-0.39, 0.29) is 0 Å². The Bertz CT molecular complexity index is 238. The van der Waals surface area contributed by atoms with Crippen molar-refractivity contribution in [3.05, 3.63) is 0 Å². The molecule has 0 radical (unpaired) electrons. The summed E-state index contributed by atoms with van der Waals surface area (Å²) in [6.07, 6.45) is 3.72. The second-order valence-corrected chi connectivity index (χ2v) is 6.07. The highest BCUT2D eigenvalue weighted by atomic mass is 16.5. The maximum atomic E-state index is 5.58. The van der Waals surface area contributed by atoms with Gasteiger partial charge in [-0.15, -0.1) is 0 Å². The fraction of sp³-hybridized carbons (Fsp3) is 1.00. The van der Waals surface area contributed by atoms with Gasteiger partial charge in [-0.2, -0.15) is 0 Å². The minimum Gasteiger partial charge on any atom is -0.379 e. The monoisotopic (exact) mass is 240 g/mol. The highest BCUT2D eigenvalue weighted by Crippen LogP contribution is 2.30. The molecule has 2 aliphatic rings. The number of rotatable bonds is 4. The summed E-state index contributed by atoms with van der Waals surface area (Å²) in [7, 11) is 0. The first-order valence-corrected chi connectivity index (χ1v) is 7.22. The van der Waals surface area contributed by atoms with E-state index < -0.39 is 0 Å². The first-order valence-electron chi connectivity index (χ1n) is 7.22. The summed E-state index contributed by atoms with van der Waals surface area (Å²) >= 11 is 0. The Morgan fingerprint density at radius 2 is 2.29 bits per heavy atom. The van der Waals surface area contributed by atoms with Crippen molar-refractivity contribution in [3.63, 3.8) is 0 Å². The standard InChI is InChI=1S/C14H28N2O/c1-4-7-15-13-5-8-16(10-12(13)2)14(3)6-9-17-11-14/h12-13,15H,4-11H2,1-3H3. The average molecular weight is 240 g/mol. The van der Waals surface area contributed by atoms with Gasteiger partial charge in [0.2, 0.25) is 0 Å². The van der Waals surface area contributed by atoms with E-state index in [0.717, 1.165) is 31.7 Å². The maximum absolute atomic E-state index is 5.58. The van der Waals surface area contributed by atoms with Crippen LogP contribution in [0.5, 0.6) is 0 Å². The molecule has 1 N–H and O–H groups in total. The van der Waals surface area contributed by atoms with Crippen LogP contribution in [0.1, 0.15) is 40.0 Å². The van der Waals surface area contributed by atoms with Crippen LogP contribution >= 0.6 is 0 Å². The van der Waals surface area contributed by atoms with Crippen molar-refractivity contribution in [3.8, 4) is 0 Å². The van der Waals surface area contributed by atoms with Crippen LogP contribution in [0.25, 0.3) is 0 Å². The van der Waals surface area contributed by atoms with Crippen LogP contribution in [0.4, 0.5) is 0 Å². The number of nitrogens with one attached hydrogen (secondary N) is 1. The summed E-state index contributed by atoms with van der Waals surface area (Å²) in [6.45, 7) is 12.5. The Kier molecular flexibility index (Phi) is 4.45. The average Bonchev–Trinajstić information content (AvgIpc) is 2.76. The molecule has 0 aromatic rings. The zero-order valence-corrected chi connectivity index (χ0v) is 11.7. The third-order valence-electron chi connectivity index (χ3n) is 4.52. The lowest BCUT2D eigenvalue weighted by Gasteiger charge is -2.45. The van der Waals surface area contributed by atoms with Crippen LogP contribution in [-0.2, 0) is 4.74 Å². The first kappa shape index (κ1) is 13.3. The SMILES string of the molecule is CCCNC1CCN(C2(C)CCOC2)CC1C. The van der Waals surface area contributed by atoms with E-state index in [9.17, 15) is 0 Å². The third-order valence-corrected chi connectivity index (χ3v) is 4.52. The molecule has 3 unspecified atom stereocenters. The number of piperidine rings is 1. The summed E-state index contributed by atoms with van der Waals surface area (Å²) in [5.74, 6) is 0.757. The minimum atomic E-state index is 0.310. The fourth-order valence-corrected chi connectivity index (χ4v) is 3.17. The molecule has 2 aliphatic heterocycles. The number of nitrogens with zero attached hydrogens (tertiary/aromatic N) is 1. The normalized spacial score (nSPS) is 39.7. The summed E-state index contributed by atoms with van der Waals surface area (Å²) in [6, 6.07) is 0.720. The summed E-state index contributed by atoms with van der Waals surface area (Å²) in [5.41, 5.74) is 0.310. The van der Waals surface area contributed by atoms with E-state index in [4.69, 9.17) is 4.74 Å². The highest BCUT2D eigenvalue weighted by molar-refractivity contribution is 4.94. The van der Waals surface area contributed by atoms with Crippen molar-refractivity contribution in [1.82, 2.24) is 10.2 Å². The van der Waals surface area contributed by atoms with E-state index in [1.807, 2.05) is 0 Å². The Labute approximate surface area is 106 Å². The third kappa shape index (κ3) is 3.01. The van der Waals surface area contributed by atoms with E-state index in [0.29, 0.717) is 5.54 Å². The molecule has 3 heteroatoms. The van der Waals surface area contributed by atoms with Gasteiger partial charge in [-0.25, -0.2) is 0 Å². The van der Waals surface area contributed by atoms with E-state index >= 15 is 0 Å². The summed E-state index contributed by atoms with van der Waals surface area (Å²) in [4.78, 5) is 2.66. The molecule has 0 bridgehead atoms. The molecule has 0 aromatic heterocycles. The summed E-state index contributed by atoms with van der Waals surface area (Å²) < 4.78 is 5.58. The van der Waals surface area contributed by atoms with Gasteiger partial charge in [0, 0.05) is 31.3 Å². The van der Waals surface area contributed by atoms with Gasteiger partial charge in [-0.3, -0.25) is 4.90 Å². The molecule has 2 fully saturated rings. The van der Waals surface area contributed by atoms with Gasteiger partial charge in [-0.1, -0.05) is 13.8 Å². The van der Waals surface area contributed by atoms with Crippen molar-refractivity contribution in [2.75, 3.05) is 32.8 Å². The molecule has 0 spiro atoms. The van der Waals surface area contributed by atoms with Gasteiger partial charge in [0.15, 0.2) is 0 Å². The smallest absolute Gasteiger partial charge is 0.0648 e. The zero-order chi connectivity index (χ0) is 12.3. The van der Waals surface area contributed by atoms with Crippen molar-refractivity contribution >= 4 is 0 Å². The number of likely N-dealkylation sites (tertiary alicyclic amines) is 1. The molecule has 100 valence electrons. The van der Waals surface area contributed by atoms with Crippen molar-refractivity contribution in [2.45, 2.75) is 51.6 Å². The van der Waals surface area contributed by atoms with Crippen LogP contribution < -0.4 is 5.32 Å². The van der Waals surface area contributed by atoms with Gasteiger partial charge in [0.1, 0.15) is 0 Å². The molecule has 0 amide bonds. The van der Waals surface area contributed by atoms with Crippen molar-refractivity contribution in [2.24, 2.45) is 5.92 Å². The lowest BCUT2D eigenvalue weighted by Crippen LogP contribution is -2.56. The molecule has 2 heterocycles. The van der Waals surface area contributed by atoms with Crippen molar-refractivity contribution in [1.29, 1.82) is 0 Å². The van der Waals surface area contributed by atoms with E-state index in [1.54, 1.807) is 0 Å². The molecule has 3 atom stereocenters. The molecular formula is C14H28N2O. The molecule has 0 saturated carbocycles. The second kappa shape index (κ2) is 5.68. The molecule has 17 heavy (non-hydrogen) atoms. The van der Waals surface area contributed by atoms with Crippen molar-refractivity contribution < 1.29 is 4.74 Å². The Balaban J connectivity index is 1.86. The second-order valence-electron chi connectivity index (χ2n) is 6.07. The van der Waals surface area contributed by atoms with Crippen LogP contribution in [0.3, 0.4) is 0 Å². The van der Waals surface area contributed by atoms with Crippen LogP contribution in [-0.4, -0.2) is 49.3 Å². The zero-order valence-electron chi connectivity index (χ0n) is 11.7. The molecule has 0 aliphatic carbocycles. The van der Waals surface area contributed by atoms with E-state index in [1.165, 1.54) is 32.4 Å². The van der Waals surface area contributed by atoms with Gasteiger partial charge in [-0.05, 0) is 38.6 Å². The largest absolute Gasteiger partial charge is 0.379 e. The highest BCUT2D eigenvalue weighted by Gasteiger charge is 2.39. The molecule has 3 nitrogen and oxygen atoms in total. The Hall–Kier alpha value is -0.120.